The predicted molar refractivity (Wildman–Crippen MR) is 109 cm³/mol. The summed E-state index contributed by atoms with van der Waals surface area (Å²) in [6.07, 6.45) is 3.35. The normalized spacial score (nSPS) is 10.6. The molecule has 3 aromatic rings. The first-order chi connectivity index (χ1) is 13.4. The van der Waals surface area contributed by atoms with Crippen LogP contribution in [0.2, 0.25) is 0 Å². The number of thioether (sulfide) groups is 1. The number of rotatable bonds is 5. The van der Waals surface area contributed by atoms with Crippen molar-refractivity contribution in [3.05, 3.63) is 65.7 Å². The molecule has 0 atom stereocenters. The minimum Gasteiger partial charge on any atom is -0.325 e. The quantitative estimate of drug-likeness (QED) is 0.630. The van der Waals surface area contributed by atoms with Crippen molar-refractivity contribution in [2.45, 2.75) is 18.7 Å². The summed E-state index contributed by atoms with van der Waals surface area (Å²) in [7, 11) is 0. The number of nitrogens with one attached hydrogen (secondary N) is 2. The van der Waals surface area contributed by atoms with E-state index in [2.05, 4.69) is 15.7 Å². The monoisotopic (exact) mass is 398 g/mol. The Morgan fingerprint density at radius 3 is 2.54 bits per heavy atom. The molecule has 0 saturated heterocycles. The number of hydrogen-bond acceptors (Lipinski definition) is 4. The van der Waals surface area contributed by atoms with E-state index >= 15 is 0 Å². The molecule has 0 aliphatic heterocycles. The zero-order valence-corrected chi connectivity index (χ0v) is 16.4. The van der Waals surface area contributed by atoms with Crippen molar-refractivity contribution in [1.82, 2.24) is 9.78 Å². The van der Waals surface area contributed by atoms with Gasteiger partial charge in [-0.15, -0.1) is 11.8 Å². The van der Waals surface area contributed by atoms with E-state index in [0.717, 1.165) is 4.90 Å². The maximum absolute atomic E-state index is 14.0. The van der Waals surface area contributed by atoms with Gasteiger partial charge < -0.3 is 10.6 Å². The van der Waals surface area contributed by atoms with Crippen molar-refractivity contribution in [2.24, 2.45) is 0 Å². The number of nitrogens with zero attached hydrogens (tertiary/aromatic N) is 2. The van der Waals surface area contributed by atoms with Gasteiger partial charge in [0.15, 0.2) is 0 Å². The molecule has 144 valence electrons. The van der Waals surface area contributed by atoms with Crippen LogP contribution in [0.25, 0.3) is 5.69 Å². The fourth-order valence-corrected chi connectivity index (χ4v) is 3.30. The molecule has 2 N–H and O–H groups in total. The molecule has 1 heterocycles. The molecule has 0 saturated carbocycles. The number of anilines is 2. The number of aromatic nitrogens is 2. The van der Waals surface area contributed by atoms with E-state index in [9.17, 15) is 14.0 Å². The Bertz CT molecular complexity index is 1050. The number of amides is 2. The number of hydrogen-bond donors (Lipinski definition) is 2. The van der Waals surface area contributed by atoms with Crippen LogP contribution in [0.15, 0.2) is 53.6 Å². The molecule has 0 bridgehead atoms. The summed E-state index contributed by atoms with van der Waals surface area (Å²) in [4.78, 5) is 24.7. The fourth-order valence-electron chi connectivity index (χ4n) is 2.72. The lowest BCUT2D eigenvalue weighted by molar-refractivity contribution is -0.114. The van der Waals surface area contributed by atoms with Crippen LogP contribution < -0.4 is 10.6 Å². The fraction of sp³-hybridized carbons (Fsp3) is 0.150. The van der Waals surface area contributed by atoms with Gasteiger partial charge in [-0.1, -0.05) is 12.1 Å². The van der Waals surface area contributed by atoms with Crippen molar-refractivity contribution in [3.8, 4) is 5.69 Å². The number of carbonyl (C=O) groups excluding carboxylic acids is 2. The third-order valence-electron chi connectivity index (χ3n) is 4.11. The molecular weight excluding hydrogens is 379 g/mol. The summed E-state index contributed by atoms with van der Waals surface area (Å²) < 4.78 is 15.5. The Labute approximate surface area is 166 Å². The first-order valence-corrected chi connectivity index (χ1v) is 9.69. The second kappa shape index (κ2) is 8.26. The average Bonchev–Trinajstić information content (AvgIpc) is 3.02. The average molecular weight is 398 g/mol. The molecule has 0 radical (unpaired) electrons. The minimum absolute atomic E-state index is 0.177. The summed E-state index contributed by atoms with van der Waals surface area (Å²) in [6.45, 7) is 3.18. The molecule has 2 amide bonds. The smallest absolute Gasteiger partial charge is 0.255 e. The molecule has 6 nitrogen and oxygen atoms in total. The highest BCUT2D eigenvalue weighted by Crippen LogP contribution is 2.27. The second-order valence-corrected chi connectivity index (χ2v) is 6.91. The predicted octanol–water partition coefficient (Wildman–Crippen LogP) is 4.25. The van der Waals surface area contributed by atoms with E-state index in [-0.39, 0.29) is 11.8 Å². The largest absolute Gasteiger partial charge is 0.325 e. The van der Waals surface area contributed by atoms with Crippen LogP contribution in [0.5, 0.6) is 0 Å². The van der Waals surface area contributed by atoms with E-state index in [0.29, 0.717) is 28.3 Å². The van der Waals surface area contributed by atoms with Gasteiger partial charge in [-0.2, -0.15) is 5.10 Å². The molecule has 1 aromatic heterocycles. The molecule has 0 spiro atoms. The Morgan fingerprint density at radius 2 is 1.86 bits per heavy atom. The van der Waals surface area contributed by atoms with Crippen LogP contribution in [0.3, 0.4) is 0 Å². The van der Waals surface area contributed by atoms with E-state index in [4.69, 9.17) is 0 Å². The van der Waals surface area contributed by atoms with Gasteiger partial charge in [0.05, 0.1) is 23.3 Å². The van der Waals surface area contributed by atoms with Gasteiger partial charge in [0.2, 0.25) is 5.91 Å². The zero-order valence-electron chi connectivity index (χ0n) is 15.6. The molecule has 2 aromatic carbocycles. The summed E-state index contributed by atoms with van der Waals surface area (Å²) in [5.41, 5.74) is 2.50. The van der Waals surface area contributed by atoms with Gasteiger partial charge in [-0.25, -0.2) is 9.07 Å². The zero-order chi connectivity index (χ0) is 20.3. The van der Waals surface area contributed by atoms with E-state index in [1.165, 1.54) is 35.6 Å². The Kier molecular flexibility index (Phi) is 5.79. The third kappa shape index (κ3) is 4.07. The van der Waals surface area contributed by atoms with Gasteiger partial charge in [0.1, 0.15) is 11.5 Å². The summed E-state index contributed by atoms with van der Waals surface area (Å²) in [6, 6.07) is 11.3. The lowest BCUT2D eigenvalue weighted by Crippen LogP contribution is -2.13. The number of halogens is 1. The third-order valence-corrected chi connectivity index (χ3v) is 4.89. The van der Waals surface area contributed by atoms with Crippen LogP contribution >= 0.6 is 11.8 Å². The SMILES string of the molecule is CSc1cc(C(=O)Nc2cnn(-c3ccccc3F)c2C)ccc1NC(C)=O. The summed E-state index contributed by atoms with van der Waals surface area (Å²) in [5.74, 6) is -0.894. The molecule has 0 unspecified atom stereocenters. The lowest BCUT2D eigenvalue weighted by atomic mass is 10.2. The maximum Gasteiger partial charge on any atom is 0.255 e. The number of carbonyl (C=O) groups is 2. The van der Waals surface area contributed by atoms with Crippen LogP contribution in [0, 0.1) is 12.7 Å². The molecule has 3 rings (SSSR count). The Morgan fingerprint density at radius 1 is 1.11 bits per heavy atom. The van der Waals surface area contributed by atoms with Crippen LogP contribution in [0.1, 0.15) is 23.0 Å². The molecule has 28 heavy (non-hydrogen) atoms. The molecule has 8 heteroatoms. The number of benzene rings is 2. The highest BCUT2D eigenvalue weighted by Gasteiger charge is 2.15. The van der Waals surface area contributed by atoms with Crippen molar-refractivity contribution in [3.63, 3.8) is 0 Å². The molecule has 0 aliphatic rings. The van der Waals surface area contributed by atoms with Crippen LogP contribution in [0.4, 0.5) is 15.8 Å². The van der Waals surface area contributed by atoms with Crippen molar-refractivity contribution in [2.75, 3.05) is 16.9 Å². The first-order valence-electron chi connectivity index (χ1n) is 8.47. The second-order valence-electron chi connectivity index (χ2n) is 6.06. The first kappa shape index (κ1) is 19.6. The van der Waals surface area contributed by atoms with Crippen LogP contribution in [-0.4, -0.2) is 27.9 Å². The number of para-hydroxylation sites is 1. The molecule has 0 aliphatic carbocycles. The van der Waals surface area contributed by atoms with Gasteiger partial charge in [0, 0.05) is 17.4 Å². The summed E-state index contributed by atoms with van der Waals surface area (Å²) >= 11 is 1.43. The molecular formula is C20H19FN4O2S. The molecule has 0 fully saturated rings. The lowest BCUT2D eigenvalue weighted by Gasteiger charge is -2.11. The van der Waals surface area contributed by atoms with Crippen LogP contribution in [-0.2, 0) is 4.79 Å². The van der Waals surface area contributed by atoms with Gasteiger partial charge in [0.25, 0.3) is 5.91 Å². The van der Waals surface area contributed by atoms with Gasteiger partial charge >= 0.3 is 0 Å². The Balaban J connectivity index is 1.84. The van der Waals surface area contributed by atoms with Crippen molar-refractivity contribution in [1.29, 1.82) is 0 Å². The highest BCUT2D eigenvalue weighted by atomic mass is 32.2. The standard InChI is InChI=1S/C20H19FN4O2S/c1-12-17(11-22-25(12)18-7-5-4-6-15(18)21)24-20(27)14-8-9-16(23-13(2)26)19(10-14)28-3/h4-11H,1-3H3,(H,23,26)(H,24,27). The summed E-state index contributed by atoms with van der Waals surface area (Å²) in [5, 5.41) is 9.73. The maximum atomic E-state index is 14.0. The van der Waals surface area contributed by atoms with Crippen molar-refractivity contribution >= 4 is 35.0 Å². The van der Waals surface area contributed by atoms with E-state index in [1.807, 2.05) is 6.26 Å². The van der Waals surface area contributed by atoms with Gasteiger partial charge in [-0.05, 0) is 43.5 Å². The Hall–Kier alpha value is -3.13. The van der Waals surface area contributed by atoms with E-state index < -0.39 is 5.82 Å². The van der Waals surface area contributed by atoms with E-state index in [1.54, 1.807) is 43.3 Å². The van der Waals surface area contributed by atoms with Gasteiger partial charge in [-0.3, -0.25) is 9.59 Å². The van der Waals surface area contributed by atoms with Crippen molar-refractivity contribution < 1.29 is 14.0 Å². The highest BCUT2D eigenvalue weighted by molar-refractivity contribution is 7.98. The topological polar surface area (TPSA) is 76.0 Å². The minimum atomic E-state index is -0.398.